The second-order valence-corrected chi connectivity index (χ2v) is 10.4. The molecule has 0 aromatic heterocycles. The number of hydrogen-bond donors (Lipinski definition) is 4. The maximum absolute atomic E-state index is 12.2. The zero-order valence-corrected chi connectivity index (χ0v) is 22.3. The van der Waals surface area contributed by atoms with Crippen molar-refractivity contribution in [3.05, 3.63) is 35.9 Å². The Labute approximate surface area is 203 Å². The molecular weight excluding hydrogens is 533 g/mol. The molecule has 0 atom stereocenters. The van der Waals surface area contributed by atoms with E-state index in [-0.39, 0.29) is 42.8 Å². The largest absolute Gasteiger partial charge is 0.444 e. The summed E-state index contributed by atoms with van der Waals surface area (Å²) in [6.45, 7) is 9.88. The number of alkyl carbamates (subject to hydrolysis) is 1. The minimum Gasteiger partial charge on any atom is -0.444 e. The van der Waals surface area contributed by atoms with Gasteiger partial charge in [-0.05, 0) is 40.2 Å². The number of sulfonamides is 1. The van der Waals surface area contributed by atoms with Gasteiger partial charge in [0.15, 0.2) is 5.96 Å². The van der Waals surface area contributed by atoms with Gasteiger partial charge in [0.1, 0.15) is 5.60 Å². The summed E-state index contributed by atoms with van der Waals surface area (Å²) in [5.74, 6) is 0.340. The molecule has 0 aliphatic carbocycles. The average molecular weight is 570 g/mol. The molecule has 0 unspecified atom stereocenters. The van der Waals surface area contributed by atoms with Gasteiger partial charge in [-0.15, -0.1) is 24.0 Å². The first kappa shape index (κ1) is 29.4. The van der Waals surface area contributed by atoms with E-state index in [4.69, 9.17) is 4.74 Å². The van der Waals surface area contributed by atoms with E-state index in [9.17, 15) is 13.2 Å². The highest BCUT2D eigenvalue weighted by molar-refractivity contribution is 14.0. The summed E-state index contributed by atoms with van der Waals surface area (Å²) in [4.78, 5) is 16.0. The van der Waals surface area contributed by atoms with E-state index in [1.165, 1.54) is 0 Å². The predicted molar refractivity (Wildman–Crippen MR) is 135 cm³/mol. The molecule has 1 rings (SSSR count). The van der Waals surface area contributed by atoms with Crippen molar-refractivity contribution in [1.29, 1.82) is 0 Å². The lowest BCUT2D eigenvalue weighted by Crippen LogP contribution is -2.54. The van der Waals surface area contributed by atoms with Gasteiger partial charge in [0.25, 0.3) is 0 Å². The maximum atomic E-state index is 12.2. The first-order chi connectivity index (χ1) is 13.8. The van der Waals surface area contributed by atoms with E-state index in [2.05, 4.69) is 25.7 Å². The molecule has 0 saturated carbocycles. The van der Waals surface area contributed by atoms with Crippen molar-refractivity contribution in [2.75, 3.05) is 25.9 Å². The number of halogens is 1. The third-order valence-electron chi connectivity index (χ3n) is 3.76. The number of amides is 1. The highest BCUT2D eigenvalue weighted by Gasteiger charge is 2.24. The molecule has 0 heterocycles. The third-order valence-corrected chi connectivity index (χ3v) is 5.09. The molecule has 11 heteroatoms. The molecule has 1 aromatic carbocycles. The van der Waals surface area contributed by atoms with Crippen molar-refractivity contribution in [1.82, 2.24) is 20.7 Å². The first-order valence-electron chi connectivity index (χ1n) is 9.79. The number of ether oxygens (including phenoxy) is 1. The van der Waals surface area contributed by atoms with Gasteiger partial charge in [0.05, 0.1) is 11.3 Å². The molecule has 0 saturated heterocycles. The summed E-state index contributed by atoms with van der Waals surface area (Å²) < 4.78 is 32.1. The van der Waals surface area contributed by atoms with Crippen molar-refractivity contribution in [2.45, 2.75) is 52.3 Å². The van der Waals surface area contributed by atoms with Crippen molar-refractivity contribution >= 4 is 46.1 Å². The van der Waals surface area contributed by atoms with Crippen LogP contribution in [0.3, 0.4) is 0 Å². The minimum absolute atomic E-state index is 0. The zero-order valence-electron chi connectivity index (χ0n) is 19.1. The fourth-order valence-corrected chi connectivity index (χ4v) is 3.22. The van der Waals surface area contributed by atoms with Crippen LogP contribution in [-0.2, 0) is 21.3 Å². The van der Waals surface area contributed by atoms with Crippen LogP contribution in [0.4, 0.5) is 4.79 Å². The predicted octanol–water partition coefficient (Wildman–Crippen LogP) is 2.19. The summed E-state index contributed by atoms with van der Waals surface area (Å²) >= 11 is 0. The highest BCUT2D eigenvalue weighted by Crippen LogP contribution is 2.09. The average Bonchev–Trinajstić information content (AvgIpc) is 2.61. The van der Waals surface area contributed by atoms with Crippen molar-refractivity contribution < 1.29 is 17.9 Å². The van der Waals surface area contributed by atoms with Gasteiger partial charge in [0, 0.05) is 26.7 Å². The molecule has 0 radical (unpaired) electrons. The topological polar surface area (TPSA) is 121 Å². The van der Waals surface area contributed by atoms with Gasteiger partial charge in [-0.3, -0.25) is 4.99 Å². The van der Waals surface area contributed by atoms with Gasteiger partial charge in [-0.25, -0.2) is 17.9 Å². The number of nitrogens with one attached hydrogen (secondary N) is 4. The van der Waals surface area contributed by atoms with E-state index in [1.54, 1.807) is 27.8 Å². The Balaban J connectivity index is 0.00000900. The second-order valence-electron chi connectivity index (χ2n) is 8.49. The summed E-state index contributed by atoms with van der Waals surface area (Å²) in [5, 5.41) is 8.83. The molecule has 0 aliphatic heterocycles. The number of carbonyl (C=O) groups is 1. The van der Waals surface area contributed by atoms with Crippen LogP contribution < -0.4 is 20.7 Å². The van der Waals surface area contributed by atoms with Crippen molar-refractivity contribution in [2.24, 2.45) is 4.99 Å². The van der Waals surface area contributed by atoms with Crippen molar-refractivity contribution in [3.63, 3.8) is 0 Å². The number of hydrogen-bond acceptors (Lipinski definition) is 5. The summed E-state index contributed by atoms with van der Waals surface area (Å²) in [5.41, 5.74) is -0.291. The SMILES string of the molecule is CN=C(NCCS(=O)(=O)NCc1ccccc1)NCC(C)(C)NC(=O)OC(C)(C)C.I. The van der Waals surface area contributed by atoms with E-state index in [0.29, 0.717) is 12.5 Å². The van der Waals surface area contributed by atoms with E-state index < -0.39 is 27.3 Å². The Morgan fingerprint density at radius 3 is 2.23 bits per heavy atom. The third kappa shape index (κ3) is 14.2. The standard InChI is InChI=1S/C20H35N5O4S.HI/c1-19(2,3)29-18(26)25-20(4,5)15-23-17(21-6)22-12-13-30(27,28)24-14-16-10-8-7-9-11-16;/h7-11,24H,12-15H2,1-6H3,(H,25,26)(H2,21,22,23);1H. The maximum Gasteiger partial charge on any atom is 0.408 e. The molecule has 31 heavy (non-hydrogen) atoms. The number of guanidine groups is 1. The van der Waals surface area contributed by atoms with Gasteiger partial charge in [-0.1, -0.05) is 30.3 Å². The zero-order chi connectivity index (χ0) is 22.8. The van der Waals surface area contributed by atoms with Gasteiger partial charge < -0.3 is 20.7 Å². The number of benzene rings is 1. The second kappa shape index (κ2) is 13.1. The number of carbonyl (C=O) groups excluding carboxylic acids is 1. The number of rotatable bonds is 9. The molecular formula is C20H36IN5O4S. The smallest absolute Gasteiger partial charge is 0.408 e. The number of nitrogens with zero attached hydrogens (tertiary/aromatic N) is 1. The summed E-state index contributed by atoms with van der Waals surface area (Å²) in [6.07, 6.45) is -0.507. The lowest BCUT2D eigenvalue weighted by Gasteiger charge is -2.29. The van der Waals surface area contributed by atoms with Crippen LogP contribution in [0, 0.1) is 0 Å². The Morgan fingerprint density at radius 1 is 1.06 bits per heavy atom. The first-order valence-corrected chi connectivity index (χ1v) is 11.4. The number of aliphatic imine (C=N–C) groups is 1. The van der Waals surface area contributed by atoms with Gasteiger partial charge in [-0.2, -0.15) is 0 Å². The molecule has 4 N–H and O–H groups in total. The van der Waals surface area contributed by atoms with Crippen LogP contribution in [0.2, 0.25) is 0 Å². The van der Waals surface area contributed by atoms with Crippen LogP contribution in [0.15, 0.2) is 35.3 Å². The normalized spacial score (nSPS) is 12.5. The van der Waals surface area contributed by atoms with E-state index in [0.717, 1.165) is 5.56 Å². The van der Waals surface area contributed by atoms with Crippen LogP contribution in [-0.4, -0.2) is 57.5 Å². The van der Waals surface area contributed by atoms with E-state index in [1.807, 2.05) is 44.2 Å². The molecule has 178 valence electrons. The molecule has 0 fully saturated rings. The summed E-state index contributed by atoms with van der Waals surface area (Å²) in [6, 6.07) is 9.32. The van der Waals surface area contributed by atoms with Crippen LogP contribution in [0.5, 0.6) is 0 Å². The quantitative estimate of drug-likeness (QED) is 0.206. The Morgan fingerprint density at radius 2 is 1.68 bits per heavy atom. The van der Waals surface area contributed by atoms with Crippen LogP contribution >= 0.6 is 24.0 Å². The molecule has 0 spiro atoms. The van der Waals surface area contributed by atoms with Crippen LogP contribution in [0.1, 0.15) is 40.2 Å². The molecule has 0 aliphatic rings. The van der Waals surface area contributed by atoms with Gasteiger partial charge in [0.2, 0.25) is 10.0 Å². The Hall–Kier alpha value is -1.60. The Kier molecular flexibility index (Phi) is 12.4. The fourth-order valence-electron chi connectivity index (χ4n) is 2.31. The molecule has 1 aromatic rings. The molecule has 9 nitrogen and oxygen atoms in total. The summed E-state index contributed by atoms with van der Waals surface area (Å²) in [7, 11) is -1.84. The minimum atomic E-state index is -3.43. The molecule has 0 bridgehead atoms. The fraction of sp³-hybridized carbons (Fsp3) is 0.600. The monoisotopic (exact) mass is 569 g/mol. The highest BCUT2D eigenvalue weighted by atomic mass is 127. The van der Waals surface area contributed by atoms with Crippen molar-refractivity contribution in [3.8, 4) is 0 Å². The van der Waals surface area contributed by atoms with E-state index >= 15 is 0 Å². The lowest BCUT2D eigenvalue weighted by atomic mass is 10.1. The van der Waals surface area contributed by atoms with Gasteiger partial charge >= 0.3 is 6.09 Å². The van der Waals surface area contributed by atoms with Crippen LogP contribution in [0.25, 0.3) is 0 Å². The molecule has 1 amide bonds. The Bertz CT molecular complexity index is 809. The lowest BCUT2D eigenvalue weighted by molar-refractivity contribution is 0.0474.